The van der Waals surface area contributed by atoms with Crippen molar-refractivity contribution in [1.29, 1.82) is 0 Å². The molecule has 2 amide bonds. The van der Waals surface area contributed by atoms with Crippen LogP contribution in [-0.4, -0.2) is 30.1 Å². The van der Waals surface area contributed by atoms with E-state index in [4.69, 9.17) is 4.74 Å². The second kappa shape index (κ2) is 3.57. The number of carbonyl (C=O) groups excluding carboxylic acids is 2. The SMILES string of the molecule is COC(=O)N1C(=O)C2(C)CC1Cc1ccccc12. The fourth-order valence-electron chi connectivity index (χ4n) is 3.29. The van der Waals surface area contributed by atoms with Crippen LogP contribution < -0.4 is 0 Å². The lowest BCUT2D eigenvalue weighted by Gasteiger charge is -2.28. The van der Waals surface area contributed by atoms with E-state index in [0.29, 0.717) is 6.42 Å². The fourth-order valence-corrected chi connectivity index (χ4v) is 3.29. The van der Waals surface area contributed by atoms with Gasteiger partial charge in [0.1, 0.15) is 0 Å². The molecule has 0 radical (unpaired) electrons. The first kappa shape index (κ1) is 11.3. The molecule has 1 aliphatic heterocycles. The van der Waals surface area contributed by atoms with Gasteiger partial charge in [-0.15, -0.1) is 0 Å². The van der Waals surface area contributed by atoms with Gasteiger partial charge in [0.25, 0.3) is 0 Å². The minimum Gasteiger partial charge on any atom is -0.452 e. The molecule has 2 atom stereocenters. The zero-order chi connectivity index (χ0) is 12.9. The molecule has 2 bridgehead atoms. The molecule has 0 aromatic heterocycles. The number of rotatable bonds is 0. The van der Waals surface area contributed by atoms with Gasteiger partial charge in [-0.2, -0.15) is 0 Å². The Hall–Kier alpha value is -1.84. The first-order chi connectivity index (χ1) is 8.58. The summed E-state index contributed by atoms with van der Waals surface area (Å²) in [4.78, 5) is 25.5. The van der Waals surface area contributed by atoms with E-state index in [9.17, 15) is 9.59 Å². The van der Waals surface area contributed by atoms with E-state index in [0.717, 1.165) is 17.5 Å². The normalized spacial score (nSPS) is 29.1. The lowest BCUT2D eigenvalue weighted by atomic mass is 9.72. The van der Waals surface area contributed by atoms with Gasteiger partial charge < -0.3 is 4.74 Å². The Balaban J connectivity index is 2.11. The van der Waals surface area contributed by atoms with Crippen LogP contribution in [0.15, 0.2) is 24.3 Å². The Morgan fingerprint density at radius 1 is 1.44 bits per heavy atom. The molecular weight excluding hydrogens is 230 g/mol. The standard InChI is InChI=1S/C14H15NO3/c1-14-8-10(15(12(14)16)13(17)18-2)7-9-5-3-4-6-11(9)14/h3-6,10H,7-8H2,1-2H3. The molecule has 0 N–H and O–H groups in total. The Bertz CT molecular complexity index is 540. The van der Waals surface area contributed by atoms with E-state index in [1.807, 2.05) is 31.2 Å². The van der Waals surface area contributed by atoms with Crippen molar-refractivity contribution in [3.8, 4) is 0 Å². The molecule has 1 heterocycles. The molecule has 18 heavy (non-hydrogen) atoms. The molecule has 1 aromatic carbocycles. The minimum atomic E-state index is -0.576. The highest BCUT2D eigenvalue weighted by molar-refractivity contribution is 6.01. The summed E-state index contributed by atoms with van der Waals surface area (Å²) in [5.41, 5.74) is 1.64. The highest BCUT2D eigenvalue weighted by atomic mass is 16.5. The van der Waals surface area contributed by atoms with Crippen molar-refractivity contribution in [3.05, 3.63) is 35.4 Å². The van der Waals surface area contributed by atoms with Crippen molar-refractivity contribution in [3.63, 3.8) is 0 Å². The summed E-state index contributed by atoms with van der Waals surface area (Å²) < 4.78 is 4.72. The lowest BCUT2D eigenvalue weighted by Crippen LogP contribution is -2.40. The predicted molar refractivity (Wildman–Crippen MR) is 65.2 cm³/mol. The molecule has 1 aliphatic carbocycles. The van der Waals surface area contributed by atoms with Crippen LogP contribution in [0.5, 0.6) is 0 Å². The second-order valence-corrected chi connectivity index (χ2v) is 5.20. The van der Waals surface area contributed by atoms with Gasteiger partial charge >= 0.3 is 6.09 Å². The number of hydrogen-bond donors (Lipinski definition) is 0. The quantitative estimate of drug-likeness (QED) is 0.701. The summed E-state index contributed by atoms with van der Waals surface area (Å²) in [6.07, 6.45) is 0.881. The van der Waals surface area contributed by atoms with Crippen molar-refractivity contribution in [2.24, 2.45) is 0 Å². The van der Waals surface area contributed by atoms with Gasteiger partial charge in [0.05, 0.1) is 12.5 Å². The minimum absolute atomic E-state index is 0.0650. The van der Waals surface area contributed by atoms with E-state index in [2.05, 4.69) is 0 Å². The molecule has 1 saturated heterocycles. The first-order valence-electron chi connectivity index (χ1n) is 6.08. The number of carbonyl (C=O) groups is 2. The van der Waals surface area contributed by atoms with Gasteiger partial charge in [-0.1, -0.05) is 24.3 Å². The Labute approximate surface area is 106 Å². The van der Waals surface area contributed by atoms with Crippen LogP contribution in [0.1, 0.15) is 24.5 Å². The number of imide groups is 1. The molecular formula is C14H15NO3. The van der Waals surface area contributed by atoms with Gasteiger partial charge in [0, 0.05) is 6.04 Å². The van der Waals surface area contributed by atoms with Crippen LogP contribution >= 0.6 is 0 Å². The van der Waals surface area contributed by atoms with Crippen molar-refractivity contribution < 1.29 is 14.3 Å². The van der Waals surface area contributed by atoms with Gasteiger partial charge in [0.15, 0.2) is 0 Å². The maximum Gasteiger partial charge on any atom is 0.416 e. The maximum atomic E-state index is 12.5. The zero-order valence-electron chi connectivity index (χ0n) is 10.5. The summed E-state index contributed by atoms with van der Waals surface area (Å²) >= 11 is 0. The van der Waals surface area contributed by atoms with Crippen LogP contribution in [0.2, 0.25) is 0 Å². The average molecular weight is 245 g/mol. The van der Waals surface area contributed by atoms with Gasteiger partial charge in [0.2, 0.25) is 5.91 Å². The Morgan fingerprint density at radius 3 is 2.89 bits per heavy atom. The third kappa shape index (κ3) is 1.26. The van der Waals surface area contributed by atoms with E-state index in [1.165, 1.54) is 12.0 Å². The Kier molecular flexibility index (Phi) is 2.24. The number of methoxy groups -OCH3 is 1. The molecule has 3 rings (SSSR count). The summed E-state index contributed by atoms with van der Waals surface area (Å²) in [7, 11) is 1.31. The van der Waals surface area contributed by atoms with Gasteiger partial charge in [-0.3, -0.25) is 4.79 Å². The number of amides is 2. The molecule has 0 spiro atoms. The summed E-state index contributed by atoms with van der Waals surface area (Å²) in [6.45, 7) is 1.92. The van der Waals surface area contributed by atoms with E-state index < -0.39 is 11.5 Å². The van der Waals surface area contributed by atoms with Crippen LogP contribution in [0.25, 0.3) is 0 Å². The van der Waals surface area contributed by atoms with Crippen molar-refractivity contribution in [1.82, 2.24) is 4.90 Å². The van der Waals surface area contributed by atoms with Crippen LogP contribution in [-0.2, 0) is 21.4 Å². The number of ether oxygens (including phenoxy) is 1. The number of fused-ring (bicyclic) bond motifs is 4. The monoisotopic (exact) mass is 245 g/mol. The van der Waals surface area contributed by atoms with Gasteiger partial charge in [-0.25, -0.2) is 9.69 Å². The molecule has 4 nitrogen and oxygen atoms in total. The third-order valence-corrected chi connectivity index (χ3v) is 4.14. The molecule has 94 valence electrons. The molecule has 4 heteroatoms. The fraction of sp³-hybridized carbons (Fsp3) is 0.429. The molecule has 2 unspecified atom stereocenters. The molecule has 2 aliphatic rings. The van der Waals surface area contributed by atoms with E-state index >= 15 is 0 Å². The number of hydrogen-bond acceptors (Lipinski definition) is 3. The van der Waals surface area contributed by atoms with E-state index in [-0.39, 0.29) is 11.9 Å². The first-order valence-corrected chi connectivity index (χ1v) is 6.08. The number of benzene rings is 1. The maximum absolute atomic E-state index is 12.5. The summed E-state index contributed by atoms with van der Waals surface area (Å²) in [5.74, 6) is -0.135. The summed E-state index contributed by atoms with van der Waals surface area (Å²) in [6, 6.07) is 7.88. The van der Waals surface area contributed by atoms with E-state index in [1.54, 1.807) is 0 Å². The van der Waals surface area contributed by atoms with Crippen molar-refractivity contribution in [2.75, 3.05) is 7.11 Å². The zero-order valence-corrected chi connectivity index (χ0v) is 10.5. The topological polar surface area (TPSA) is 46.6 Å². The third-order valence-electron chi connectivity index (χ3n) is 4.14. The van der Waals surface area contributed by atoms with Gasteiger partial charge in [-0.05, 0) is 30.9 Å². The molecule has 1 fully saturated rings. The second-order valence-electron chi connectivity index (χ2n) is 5.20. The predicted octanol–water partition coefficient (Wildman–Crippen LogP) is 1.87. The highest BCUT2D eigenvalue weighted by Gasteiger charge is 2.55. The highest BCUT2D eigenvalue weighted by Crippen LogP contribution is 2.46. The molecule has 0 saturated carbocycles. The van der Waals surface area contributed by atoms with Crippen LogP contribution in [0.4, 0.5) is 4.79 Å². The largest absolute Gasteiger partial charge is 0.452 e. The summed E-state index contributed by atoms with van der Waals surface area (Å²) in [5, 5.41) is 0. The van der Waals surface area contributed by atoms with Crippen molar-refractivity contribution in [2.45, 2.75) is 31.2 Å². The van der Waals surface area contributed by atoms with Crippen molar-refractivity contribution >= 4 is 12.0 Å². The van der Waals surface area contributed by atoms with Crippen LogP contribution in [0.3, 0.4) is 0 Å². The lowest BCUT2D eigenvalue weighted by molar-refractivity contribution is -0.130. The average Bonchev–Trinajstić information content (AvgIpc) is 2.58. The molecule has 1 aromatic rings. The number of likely N-dealkylation sites (tertiary alicyclic amines) is 1. The van der Waals surface area contributed by atoms with Crippen LogP contribution in [0, 0.1) is 0 Å². The number of nitrogens with zero attached hydrogens (tertiary/aromatic N) is 1. The Morgan fingerprint density at radius 2 is 2.17 bits per heavy atom. The smallest absolute Gasteiger partial charge is 0.416 e.